The first-order valence-corrected chi connectivity index (χ1v) is 10.3. The summed E-state index contributed by atoms with van der Waals surface area (Å²) in [5.74, 6) is 0. The molecule has 96 valence electrons. The van der Waals surface area contributed by atoms with Gasteiger partial charge in [0, 0.05) is 0 Å². The molecule has 0 aromatic carbocycles. The van der Waals surface area contributed by atoms with Gasteiger partial charge in [0.15, 0.2) is 0 Å². The van der Waals surface area contributed by atoms with Gasteiger partial charge in [-0.15, -0.1) is 0 Å². The molecular weight excluding hydrogens is 297 g/mol. The second-order valence-electron chi connectivity index (χ2n) is 4.08. The third-order valence-electron chi connectivity index (χ3n) is 2.72. The molecule has 0 bridgehead atoms. The zero-order chi connectivity index (χ0) is 12.1. The first-order chi connectivity index (χ1) is 8.33. The summed E-state index contributed by atoms with van der Waals surface area (Å²) < 4.78 is 5.06. The molecule has 0 N–H and O–H groups in total. The average molecular weight is 319 g/mol. The molecule has 0 saturated heterocycles. The normalized spacial score (nSPS) is 12.8. The average Bonchev–Trinajstić information content (AvgIpc) is 3.02. The minimum absolute atomic E-state index is 1.27. The van der Waals surface area contributed by atoms with E-state index < -0.39 is 15.3 Å². The van der Waals surface area contributed by atoms with Crippen molar-refractivity contribution in [3.05, 3.63) is 49.1 Å². The van der Waals surface area contributed by atoms with Crippen LogP contribution in [0.1, 0.15) is 26.7 Å². The van der Waals surface area contributed by atoms with Crippen LogP contribution in [-0.2, 0) is 15.3 Å². The van der Waals surface area contributed by atoms with Crippen LogP contribution in [0.4, 0.5) is 0 Å². The van der Waals surface area contributed by atoms with Crippen LogP contribution in [0.5, 0.6) is 0 Å². The third-order valence-corrected chi connectivity index (χ3v) is 11.6. The number of aromatic nitrogens is 2. The van der Waals surface area contributed by atoms with Gasteiger partial charge in [0.2, 0.25) is 0 Å². The van der Waals surface area contributed by atoms with E-state index in [0.29, 0.717) is 0 Å². The molecule has 0 aliphatic carbocycles. The summed E-state index contributed by atoms with van der Waals surface area (Å²) in [5, 5.41) is 2.68. The Balaban J connectivity index is 2.46. The monoisotopic (exact) mass is 320 g/mol. The Labute approximate surface area is 108 Å². The number of rotatable bonds is 6. The molecule has 0 aliphatic heterocycles. The molecular formula is C14H22N2Ru. The van der Waals surface area contributed by atoms with E-state index in [1.54, 1.807) is 0 Å². The van der Waals surface area contributed by atoms with Gasteiger partial charge in [-0.2, -0.15) is 0 Å². The summed E-state index contributed by atoms with van der Waals surface area (Å²) in [6, 6.07) is 8.63. The molecule has 0 aliphatic rings. The Bertz CT molecular complexity index is 375. The van der Waals surface area contributed by atoms with Crippen molar-refractivity contribution in [3.63, 3.8) is 0 Å². The summed E-state index contributed by atoms with van der Waals surface area (Å²) in [4.78, 5) is 0. The third kappa shape index (κ3) is 2.40. The molecule has 2 aromatic heterocycles. The maximum absolute atomic E-state index is 2.53. The summed E-state index contributed by atoms with van der Waals surface area (Å²) in [7, 11) is 0. The molecule has 0 atom stereocenters. The van der Waals surface area contributed by atoms with Crippen LogP contribution in [-0.4, -0.2) is 6.62 Å². The van der Waals surface area contributed by atoms with Crippen LogP contribution in [0.15, 0.2) is 49.1 Å². The number of hydrogen-bond donors (Lipinski definition) is 0. The van der Waals surface area contributed by atoms with Crippen LogP contribution in [0, 0.1) is 0 Å². The quantitative estimate of drug-likeness (QED) is 0.702. The Hall–Kier alpha value is -0.817. The number of hydrogen-bond acceptors (Lipinski definition) is 0. The van der Waals surface area contributed by atoms with Crippen LogP contribution < -0.4 is 0 Å². The molecule has 0 radical (unpaired) electrons. The number of nitrogens with zero attached hydrogens (tertiary/aromatic N) is 2. The van der Waals surface area contributed by atoms with Gasteiger partial charge in [0.05, 0.1) is 0 Å². The fourth-order valence-electron chi connectivity index (χ4n) is 2.13. The fraction of sp³-hybridized carbons (Fsp3) is 0.429. The van der Waals surface area contributed by atoms with Gasteiger partial charge in [-0.3, -0.25) is 0 Å². The van der Waals surface area contributed by atoms with Gasteiger partial charge in [0.25, 0.3) is 0 Å². The Morgan fingerprint density at radius 1 is 0.706 bits per heavy atom. The minimum atomic E-state index is -1.99. The summed E-state index contributed by atoms with van der Waals surface area (Å²) in [6.07, 6.45) is 11.6. The van der Waals surface area contributed by atoms with Crippen molar-refractivity contribution in [1.82, 2.24) is 6.62 Å². The van der Waals surface area contributed by atoms with Crippen LogP contribution in [0.3, 0.4) is 0 Å². The van der Waals surface area contributed by atoms with Crippen molar-refractivity contribution in [3.8, 4) is 0 Å². The van der Waals surface area contributed by atoms with Gasteiger partial charge < -0.3 is 0 Å². The molecule has 17 heavy (non-hydrogen) atoms. The van der Waals surface area contributed by atoms with Crippen LogP contribution in [0.25, 0.3) is 0 Å². The molecule has 0 amide bonds. The van der Waals surface area contributed by atoms with Crippen molar-refractivity contribution < 1.29 is 15.3 Å². The molecule has 0 fully saturated rings. The fourth-order valence-corrected chi connectivity index (χ4v) is 10.1. The Morgan fingerprint density at radius 3 is 1.35 bits per heavy atom. The van der Waals surface area contributed by atoms with Crippen molar-refractivity contribution in [2.75, 3.05) is 0 Å². The van der Waals surface area contributed by atoms with E-state index in [2.05, 4.69) is 69.5 Å². The van der Waals surface area contributed by atoms with E-state index in [-0.39, 0.29) is 0 Å². The molecule has 0 saturated carbocycles. The van der Waals surface area contributed by atoms with E-state index >= 15 is 0 Å². The molecule has 2 heterocycles. The second kappa shape index (κ2) is 5.68. The standard InChI is InChI=1S/2C4H4N.2C3H7.Ru/c2*1-2-4-5-3-1;2*1-3-2;/h2*1-4H;2*1,3H2,2H3;/q2*-1;;;+2. The van der Waals surface area contributed by atoms with E-state index in [0.717, 1.165) is 0 Å². The van der Waals surface area contributed by atoms with Crippen molar-refractivity contribution >= 4 is 0 Å². The van der Waals surface area contributed by atoms with Gasteiger partial charge in [-0.05, 0) is 0 Å². The van der Waals surface area contributed by atoms with E-state index in [1.807, 2.05) is 0 Å². The first kappa shape index (κ1) is 12.6. The van der Waals surface area contributed by atoms with Crippen LogP contribution >= 0.6 is 0 Å². The van der Waals surface area contributed by atoms with Crippen molar-refractivity contribution in [2.24, 2.45) is 0 Å². The molecule has 2 nitrogen and oxygen atoms in total. The van der Waals surface area contributed by atoms with Gasteiger partial charge >= 0.3 is 108 Å². The van der Waals surface area contributed by atoms with E-state index in [9.17, 15) is 0 Å². The molecule has 2 rings (SSSR count). The zero-order valence-electron chi connectivity index (χ0n) is 10.7. The summed E-state index contributed by atoms with van der Waals surface area (Å²) in [6.45, 7) is 4.61. The summed E-state index contributed by atoms with van der Waals surface area (Å²) >= 11 is -1.99. The molecule has 3 heteroatoms. The Morgan fingerprint density at radius 2 is 1.06 bits per heavy atom. The van der Waals surface area contributed by atoms with Gasteiger partial charge in [-0.25, -0.2) is 0 Å². The SMILES string of the molecule is CC[CH2][Ru]([CH2]CC)([n]1cccc1)[n]1cccc1. The van der Waals surface area contributed by atoms with Gasteiger partial charge in [0.1, 0.15) is 0 Å². The molecule has 2 aromatic rings. The van der Waals surface area contributed by atoms with E-state index in [1.165, 1.54) is 22.9 Å². The van der Waals surface area contributed by atoms with Crippen molar-refractivity contribution in [2.45, 2.75) is 36.7 Å². The maximum atomic E-state index is 2.53. The predicted molar refractivity (Wildman–Crippen MR) is 69.9 cm³/mol. The van der Waals surface area contributed by atoms with Gasteiger partial charge in [-0.1, -0.05) is 0 Å². The topological polar surface area (TPSA) is 9.86 Å². The summed E-state index contributed by atoms with van der Waals surface area (Å²) in [5.41, 5.74) is 0. The predicted octanol–water partition coefficient (Wildman–Crippen LogP) is 4.33. The van der Waals surface area contributed by atoms with E-state index in [4.69, 9.17) is 0 Å². The second-order valence-corrected chi connectivity index (χ2v) is 11.0. The van der Waals surface area contributed by atoms with Crippen LogP contribution in [0.2, 0.25) is 10.0 Å². The molecule has 0 spiro atoms. The molecule has 0 unspecified atom stereocenters. The van der Waals surface area contributed by atoms with Crippen molar-refractivity contribution in [1.29, 1.82) is 0 Å². The Kier molecular flexibility index (Phi) is 4.22. The zero-order valence-corrected chi connectivity index (χ0v) is 12.4. The first-order valence-electron chi connectivity index (χ1n) is 6.26.